The Labute approximate surface area is 306 Å². The minimum absolute atomic E-state index is 0.0127. The Morgan fingerprint density at radius 2 is 1.74 bits per heavy atom. The summed E-state index contributed by atoms with van der Waals surface area (Å²) < 4.78 is 61.9. The van der Waals surface area contributed by atoms with Gasteiger partial charge < -0.3 is 50.9 Å². The van der Waals surface area contributed by atoms with Crippen molar-refractivity contribution in [2.24, 2.45) is 5.41 Å². The van der Waals surface area contributed by atoms with E-state index < -0.39 is 84.6 Å². The molecule has 3 rings (SSSR count). The number of anilines is 1. The summed E-state index contributed by atoms with van der Waals surface area (Å²) in [5.41, 5.74) is 4.27. The van der Waals surface area contributed by atoms with Crippen molar-refractivity contribution in [3.63, 3.8) is 0 Å². The zero-order valence-electron chi connectivity index (χ0n) is 28.5. The first-order valence-electron chi connectivity index (χ1n) is 15.6. The van der Waals surface area contributed by atoms with Crippen LogP contribution in [0.5, 0.6) is 0 Å². The summed E-state index contributed by atoms with van der Waals surface area (Å²) in [5, 5.41) is 26.3. The molecule has 0 saturated carbocycles. The lowest BCUT2D eigenvalue weighted by Gasteiger charge is -2.30. The summed E-state index contributed by atoms with van der Waals surface area (Å²) in [7, 11) is -16.4. The second kappa shape index (κ2) is 18.9. The standard InChI is InChI=1S/C25H42N7O17P3S/c1-4-5-16(34)53-9-8-27-15(33)6-7-28-23(37)20(36)25(2,3)11-46-52(43,44)49-51(41,42)45-10-14-19(48-50(38,39)40)18(35)24(47-14)32-13-31-17-21(26)29-12-30-22(17)32/h12-14,18-20,24,35-36H,4-11H2,1-3H3,(H,27,33)(H,28,37)(H,41,42)(H,43,44)(H2,26,29,30)(H2,38,39,40)/t14-,18-,19-,20-,24-/m1/s1. The van der Waals surface area contributed by atoms with Crippen molar-refractivity contribution in [1.82, 2.24) is 30.2 Å². The van der Waals surface area contributed by atoms with Crippen LogP contribution in [0, 0.1) is 5.41 Å². The van der Waals surface area contributed by atoms with Crippen molar-refractivity contribution in [1.29, 1.82) is 0 Å². The fourth-order valence-electron chi connectivity index (χ4n) is 4.57. The van der Waals surface area contributed by atoms with Gasteiger partial charge in [0.15, 0.2) is 22.8 Å². The van der Waals surface area contributed by atoms with E-state index in [2.05, 4.69) is 34.4 Å². The molecule has 0 aliphatic carbocycles. The van der Waals surface area contributed by atoms with Gasteiger partial charge in [-0.2, -0.15) is 4.31 Å². The molecule has 1 fully saturated rings. The number of nitrogens with zero attached hydrogens (tertiary/aromatic N) is 4. The number of nitrogens with two attached hydrogens (primary N) is 1. The minimum Gasteiger partial charge on any atom is -0.386 e. The number of phosphoric ester groups is 3. The second-order valence-corrected chi connectivity index (χ2v) is 17.4. The van der Waals surface area contributed by atoms with E-state index in [4.69, 9.17) is 19.5 Å². The van der Waals surface area contributed by atoms with E-state index in [1.807, 2.05) is 6.92 Å². The Morgan fingerprint density at radius 3 is 2.40 bits per heavy atom. The van der Waals surface area contributed by atoms with Gasteiger partial charge in [0.25, 0.3) is 0 Å². The van der Waals surface area contributed by atoms with Crippen LogP contribution < -0.4 is 16.4 Å². The number of hydrogen-bond donors (Lipinski definition) is 9. The molecule has 1 aliphatic rings. The number of fused-ring (bicyclic) bond motifs is 1. The third kappa shape index (κ3) is 13.7. The number of aliphatic hydroxyl groups is 2. The van der Waals surface area contributed by atoms with Crippen molar-refractivity contribution >= 4 is 69.1 Å². The number of thioether (sulfide) groups is 1. The molecule has 7 atom stereocenters. The van der Waals surface area contributed by atoms with Gasteiger partial charge in [0, 0.05) is 37.1 Å². The fourth-order valence-corrected chi connectivity index (χ4v) is 8.18. The van der Waals surface area contributed by atoms with Crippen molar-refractivity contribution in [3.05, 3.63) is 12.7 Å². The maximum absolute atomic E-state index is 12.6. The number of ether oxygens (including phenoxy) is 1. The number of hydrogen-bond acceptors (Lipinski definition) is 18. The lowest BCUT2D eigenvalue weighted by atomic mass is 9.87. The van der Waals surface area contributed by atoms with E-state index >= 15 is 0 Å². The van der Waals surface area contributed by atoms with Gasteiger partial charge in [-0.1, -0.05) is 32.5 Å². The zero-order valence-corrected chi connectivity index (χ0v) is 32.0. The third-order valence-electron chi connectivity index (χ3n) is 7.22. The van der Waals surface area contributed by atoms with Crippen LogP contribution in [0.4, 0.5) is 5.82 Å². The number of phosphoric acid groups is 3. The smallest absolute Gasteiger partial charge is 0.386 e. The Balaban J connectivity index is 1.52. The van der Waals surface area contributed by atoms with E-state index in [0.717, 1.165) is 35.4 Å². The molecule has 10 N–H and O–H groups in total. The summed E-state index contributed by atoms with van der Waals surface area (Å²) in [6.45, 7) is 2.41. The molecule has 28 heteroatoms. The molecule has 2 amide bonds. The van der Waals surface area contributed by atoms with Crippen LogP contribution in [0.3, 0.4) is 0 Å². The second-order valence-electron chi connectivity index (χ2n) is 12.0. The largest absolute Gasteiger partial charge is 0.481 e. The number of rotatable bonds is 21. The van der Waals surface area contributed by atoms with Crippen molar-refractivity contribution in [2.45, 2.75) is 70.7 Å². The summed E-state index contributed by atoms with van der Waals surface area (Å²) in [5.74, 6) is -1.06. The van der Waals surface area contributed by atoms with E-state index in [1.165, 1.54) is 13.8 Å². The predicted octanol–water partition coefficient (Wildman–Crippen LogP) is -0.535. The molecule has 0 bridgehead atoms. The average Bonchev–Trinajstić information content (AvgIpc) is 3.61. The first-order chi connectivity index (χ1) is 24.6. The number of aliphatic hydroxyl groups excluding tert-OH is 2. The molecular weight excluding hydrogens is 795 g/mol. The summed E-state index contributed by atoms with van der Waals surface area (Å²) in [6.07, 6.45) is -5.73. The quantitative estimate of drug-likeness (QED) is 0.0563. The van der Waals surface area contributed by atoms with Crippen LogP contribution in [-0.2, 0) is 50.7 Å². The van der Waals surface area contributed by atoms with Gasteiger partial charge in [-0.05, 0) is 6.42 Å². The minimum atomic E-state index is -5.56. The molecule has 2 aromatic rings. The first-order valence-corrected chi connectivity index (χ1v) is 21.1. The highest BCUT2D eigenvalue weighted by Crippen LogP contribution is 2.61. The van der Waals surface area contributed by atoms with Crippen LogP contribution in [-0.4, -0.2) is 123 Å². The zero-order chi connectivity index (χ0) is 39.8. The number of imidazole rings is 1. The van der Waals surface area contributed by atoms with E-state index in [9.17, 15) is 57.9 Å². The van der Waals surface area contributed by atoms with E-state index in [1.54, 1.807) is 0 Å². The topological polar surface area (TPSA) is 364 Å². The van der Waals surface area contributed by atoms with E-state index in [0.29, 0.717) is 12.2 Å². The molecule has 1 aliphatic heterocycles. The summed E-state index contributed by atoms with van der Waals surface area (Å²) in [6, 6.07) is 0. The number of carbonyl (C=O) groups excluding carboxylic acids is 3. The van der Waals surface area contributed by atoms with Crippen molar-refractivity contribution < 1.29 is 80.5 Å². The van der Waals surface area contributed by atoms with Crippen LogP contribution in [0.1, 0.15) is 46.3 Å². The SMILES string of the molecule is CCCC(=O)SCCNC(=O)CCNC(=O)[C@@H](O)C(C)(C)COP(=O)(O)OP(=O)(O)OC[C@H]1O[C@@H](n2cnc3c(N)ncnc32)[C@H](O)[C@@H]1OP(=O)(O)O. The maximum Gasteiger partial charge on any atom is 0.481 e. The highest BCUT2D eigenvalue weighted by atomic mass is 32.2. The van der Waals surface area contributed by atoms with Crippen molar-refractivity contribution in [3.8, 4) is 0 Å². The Kier molecular flexibility index (Phi) is 16.1. The molecule has 2 aromatic heterocycles. The molecule has 2 unspecified atom stereocenters. The molecule has 0 radical (unpaired) electrons. The number of amides is 2. The number of carbonyl (C=O) groups is 3. The van der Waals surface area contributed by atoms with Crippen LogP contribution in [0.2, 0.25) is 0 Å². The van der Waals surface area contributed by atoms with Crippen LogP contribution >= 0.6 is 35.2 Å². The maximum atomic E-state index is 12.6. The van der Waals surface area contributed by atoms with Gasteiger partial charge in [0.05, 0.1) is 19.5 Å². The molecular formula is C25H42N7O17P3S. The van der Waals surface area contributed by atoms with Gasteiger partial charge >= 0.3 is 23.5 Å². The van der Waals surface area contributed by atoms with Crippen LogP contribution in [0.25, 0.3) is 11.2 Å². The Morgan fingerprint density at radius 1 is 1.06 bits per heavy atom. The lowest BCUT2D eigenvalue weighted by Crippen LogP contribution is -2.46. The van der Waals surface area contributed by atoms with Gasteiger partial charge in [-0.3, -0.25) is 32.5 Å². The summed E-state index contributed by atoms with van der Waals surface area (Å²) in [4.78, 5) is 86.8. The third-order valence-corrected chi connectivity index (χ3v) is 11.3. The molecule has 0 spiro atoms. The average molecular weight is 838 g/mol. The first kappa shape index (κ1) is 45.0. The normalized spacial score (nSPS) is 22.2. The monoisotopic (exact) mass is 837 g/mol. The molecule has 300 valence electrons. The number of nitrogen functional groups attached to an aromatic ring is 1. The van der Waals surface area contributed by atoms with Gasteiger partial charge in [0.2, 0.25) is 11.8 Å². The summed E-state index contributed by atoms with van der Waals surface area (Å²) >= 11 is 1.09. The van der Waals surface area contributed by atoms with Gasteiger partial charge in [0.1, 0.15) is 36.3 Å². The van der Waals surface area contributed by atoms with Crippen LogP contribution in [0.15, 0.2) is 12.7 Å². The highest BCUT2D eigenvalue weighted by Gasteiger charge is 2.50. The fraction of sp³-hybridized carbons (Fsp3) is 0.680. The number of nitrogens with one attached hydrogen (secondary N) is 2. The molecule has 0 aromatic carbocycles. The van der Waals surface area contributed by atoms with Gasteiger partial charge in [-0.25, -0.2) is 28.6 Å². The molecule has 53 heavy (non-hydrogen) atoms. The van der Waals surface area contributed by atoms with Crippen molar-refractivity contribution in [2.75, 3.05) is 37.8 Å². The van der Waals surface area contributed by atoms with Gasteiger partial charge in [-0.15, -0.1) is 0 Å². The molecule has 1 saturated heterocycles. The Hall–Kier alpha value is -2.44. The molecule has 3 heterocycles. The van der Waals surface area contributed by atoms with E-state index in [-0.39, 0.29) is 41.6 Å². The number of aromatic nitrogens is 4. The lowest BCUT2D eigenvalue weighted by molar-refractivity contribution is -0.137. The Bertz CT molecular complexity index is 1750. The highest BCUT2D eigenvalue weighted by molar-refractivity contribution is 8.13. The predicted molar refractivity (Wildman–Crippen MR) is 182 cm³/mol. The molecule has 24 nitrogen and oxygen atoms in total.